The van der Waals surface area contributed by atoms with Crippen molar-refractivity contribution in [1.29, 1.82) is 0 Å². The molecule has 4 rings (SSSR count). The largest absolute Gasteiger partial charge is 0.478 e. The third kappa shape index (κ3) is 5.19. The van der Waals surface area contributed by atoms with Gasteiger partial charge in [-0.2, -0.15) is 0 Å². The monoisotopic (exact) mass is 486 g/mol. The molecular formula is C26H28F2N2O3S. The highest BCUT2D eigenvalue weighted by molar-refractivity contribution is 8.03. The molecule has 1 N–H and O–H groups in total. The van der Waals surface area contributed by atoms with Gasteiger partial charge in [0.05, 0.1) is 23.8 Å². The molecule has 5 nitrogen and oxygen atoms in total. The van der Waals surface area contributed by atoms with Gasteiger partial charge >= 0.3 is 5.97 Å². The predicted molar refractivity (Wildman–Crippen MR) is 130 cm³/mol. The Morgan fingerprint density at radius 3 is 2.44 bits per heavy atom. The van der Waals surface area contributed by atoms with Crippen LogP contribution in [0.15, 0.2) is 64.7 Å². The van der Waals surface area contributed by atoms with Crippen molar-refractivity contribution >= 4 is 17.7 Å². The van der Waals surface area contributed by atoms with Crippen LogP contribution < -0.4 is 0 Å². The second kappa shape index (κ2) is 10.7. The summed E-state index contributed by atoms with van der Waals surface area (Å²) in [6.45, 7) is 6.89. The molecule has 0 radical (unpaired) electrons. The number of carboxylic acid groups (broad SMARTS) is 1. The number of aliphatic carboxylic acids is 1. The molecule has 0 spiro atoms. The maximum absolute atomic E-state index is 14.3. The molecule has 1 fully saturated rings. The van der Waals surface area contributed by atoms with Gasteiger partial charge in [0, 0.05) is 19.6 Å². The minimum atomic E-state index is -0.965. The number of carbonyl (C=O) groups is 1. The van der Waals surface area contributed by atoms with Crippen LogP contribution in [0, 0.1) is 11.6 Å². The van der Waals surface area contributed by atoms with Crippen LogP contribution in [0.25, 0.3) is 11.1 Å². The zero-order chi connectivity index (χ0) is 24.2. The first-order valence-corrected chi connectivity index (χ1v) is 12.3. The van der Waals surface area contributed by atoms with Gasteiger partial charge in [-0.15, -0.1) is 11.8 Å². The summed E-state index contributed by atoms with van der Waals surface area (Å²) < 4.78 is 33.3. The summed E-state index contributed by atoms with van der Waals surface area (Å²) in [6, 6.07) is 10.6. The molecule has 34 heavy (non-hydrogen) atoms. The maximum atomic E-state index is 14.3. The van der Waals surface area contributed by atoms with Crippen molar-refractivity contribution < 1.29 is 23.4 Å². The molecule has 2 aliphatic heterocycles. The molecule has 1 saturated heterocycles. The molecule has 2 heterocycles. The third-order valence-corrected chi connectivity index (χ3v) is 7.07. The van der Waals surface area contributed by atoms with Gasteiger partial charge in [0.1, 0.15) is 17.8 Å². The normalized spacial score (nSPS) is 19.4. The number of ether oxygens (including phenoxy) is 1. The van der Waals surface area contributed by atoms with Gasteiger partial charge in [-0.25, -0.2) is 13.6 Å². The lowest BCUT2D eigenvalue weighted by molar-refractivity contribution is -0.132. The molecule has 180 valence electrons. The van der Waals surface area contributed by atoms with E-state index in [1.54, 1.807) is 18.2 Å². The van der Waals surface area contributed by atoms with Crippen LogP contribution in [0.5, 0.6) is 0 Å². The topological polar surface area (TPSA) is 53.0 Å². The van der Waals surface area contributed by atoms with E-state index in [2.05, 4.69) is 9.80 Å². The number of nitrogens with zero attached hydrogens (tertiary/aromatic N) is 2. The first-order valence-electron chi connectivity index (χ1n) is 11.3. The van der Waals surface area contributed by atoms with Gasteiger partial charge < -0.3 is 14.7 Å². The van der Waals surface area contributed by atoms with Crippen LogP contribution in [-0.2, 0) is 16.1 Å². The van der Waals surface area contributed by atoms with Crippen LogP contribution in [-0.4, -0.2) is 59.1 Å². The van der Waals surface area contributed by atoms with Crippen LogP contribution in [0.4, 0.5) is 8.78 Å². The Morgan fingerprint density at radius 2 is 1.79 bits per heavy atom. The van der Waals surface area contributed by atoms with Gasteiger partial charge in [-0.05, 0) is 65.3 Å². The minimum absolute atomic E-state index is 0.160. The van der Waals surface area contributed by atoms with E-state index in [0.29, 0.717) is 47.2 Å². The number of benzene rings is 2. The van der Waals surface area contributed by atoms with E-state index in [9.17, 15) is 18.7 Å². The maximum Gasteiger partial charge on any atom is 0.338 e. The molecule has 1 unspecified atom stereocenters. The van der Waals surface area contributed by atoms with Crippen LogP contribution in [0.1, 0.15) is 19.4 Å². The lowest BCUT2D eigenvalue weighted by Crippen LogP contribution is -2.52. The molecule has 8 heteroatoms. The van der Waals surface area contributed by atoms with Gasteiger partial charge in [-0.3, -0.25) is 4.90 Å². The van der Waals surface area contributed by atoms with Crippen molar-refractivity contribution in [2.75, 3.05) is 32.1 Å². The zero-order valence-electron chi connectivity index (χ0n) is 19.3. The molecule has 0 amide bonds. The van der Waals surface area contributed by atoms with Crippen molar-refractivity contribution in [3.63, 3.8) is 0 Å². The van der Waals surface area contributed by atoms with Gasteiger partial charge in [-0.1, -0.05) is 25.1 Å². The third-order valence-electron chi connectivity index (χ3n) is 6.07. The molecule has 2 aromatic rings. The van der Waals surface area contributed by atoms with Crippen LogP contribution >= 0.6 is 11.8 Å². The fourth-order valence-electron chi connectivity index (χ4n) is 4.46. The van der Waals surface area contributed by atoms with Gasteiger partial charge in [0.2, 0.25) is 0 Å². The lowest BCUT2D eigenvalue weighted by atomic mass is 9.97. The highest BCUT2D eigenvalue weighted by Crippen LogP contribution is 2.38. The average molecular weight is 487 g/mol. The summed E-state index contributed by atoms with van der Waals surface area (Å²) in [7, 11) is 0. The molecule has 1 atom stereocenters. The molecule has 2 aromatic carbocycles. The fraction of sp³-hybridized carbons (Fsp3) is 0.346. The molecule has 2 aliphatic rings. The second-order valence-corrected chi connectivity index (χ2v) is 9.52. The standard InChI is InChI=1S/C26H28F2N2O3S/c1-3-34-25-24(26(31)32)17(2)14-23(29-10-12-33-13-11-29)30(25)16-19-6-9-21(28)15-22(19)18-4-7-20(27)8-5-18/h4-9,14-15,23H,3,10-13,16H2,1-2H3,(H,31,32). The molecular weight excluding hydrogens is 458 g/mol. The average Bonchev–Trinajstić information content (AvgIpc) is 2.82. The highest BCUT2D eigenvalue weighted by atomic mass is 32.2. The number of rotatable bonds is 7. The summed E-state index contributed by atoms with van der Waals surface area (Å²) in [6.07, 6.45) is 1.84. The predicted octanol–water partition coefficient (Wildman–Crippen LogP) is 5.10. The summed E-state index contributed by atoms with van der Waals surface area (Å²) in [5, 5.41) is 10.7. The van der Waals surface area contributed by atoms with E-state index < -0.39 is 5.97 Å². The van der Waals surface area contributed by atoms with E-state index in [1.165, 1.54) is 36.0 Å². The van der Waals surface area contributed by atoms with Crippen molar-refractivity contribution in [2.24, 2.45) is 0 Å². The van der Waals surface area contributed by atoms with E-state index in [1.807, 2.05) is 19.9 Å². The highest BCUT2D eigenvalue weighted by Gasteiger charge is 2.35. The Morgan fingerprint density at radius 1 is 1.12 bits per heavy atom. The van der Waals surface area contributed by atoms with Gasteiger partial charge in [0.25, 0.3) is 0 Å². The Bertz CT molecular complexity index is 1110. The lowest BCUT2D eigenvalue weighted by Gasteiger charge is -2.44. The molecule has 0 aromatic heterocycles. The van der Waals surface area contributed by atoms with E-state index in [0.717, 1.165) is 24.2 Å². The molecule has 0 aliphatic carbocycles. The number of morpholine rings is 1. The number of carboxylic acids is 1. The first-order chi connectivity index (χ1) is 16.4. The Kier molecular flexibility index (Phi) is 7.70. The SMILES string of the molecule is CCSC1=C(C(=O)O)C(C)=CC(N2CCOCC2)N1Cc1ccc(F)cc1-c1ccc(F)cc1. The molecule has 0 saturated carbocycles. The summed E-state index contributed by atoms with van der Waals surface area (Å²) >= 11 is 1.50. The number of hydrogen-bond acceptors (Lipinski definition) is 5. The fourth-order valence-corrected chi connectivity index (χ4v) is 5.46. The smallest absolute Gasteiger partial charge is 0.338 e. The Labute approximate surface area is 202 Å². The summed E-state index contributed by atoms with van der Waals surface area (Å²) in [4.78, 5) is 16.6. The minimum Gasteiger partial charge on any atom is -0.478 e. The second-order valence-electron chi connectivity index (χ2n) is 8.27. The van der Waals surface area contributed by atoms with E-state index in [4.69, 9.17) is 4.74 Å². The van der Waals surface area contributed by atoms with E-state index in [-0.39, 0.29) is 17.8 Å². The van der Waals surface area contributed by atoms with Crippen LogP contribution in [0.3, 0.4) is 0 Å². The first kappa shape index (κ1) is 24.4. The molecule has 0 bridgehead atoms. The van der Waals surface area contributed by atoms with Gasteiger partial charge in [0.15, 0.2) is 0 Å². The quantitative estimate of drug-likeness (QED) is 0.588. The van der Waals surface area contributed by atoms with Crippen molar-refractivity contribution in [2.45, 2.75) is 26.6 Å². The number of thioether (sulfide) groups is 1. The Balaban J connectivity index is 1.80. The zero-order valence-corrected chi connectivity index (χ0v) is 20.1. The number of halogens is 2. The van der Waals surface area contributed by atoms with E-state index >= 15 is 0 Å². The van der Waals surface area contributed by atoms with Crippen LogP contribution in [0.2, 0.25) is 0 Å². The van der Waals surface area contributed by atoms with Crippen molar-refractivity contribution in [3.8, 4) is 11.1 Å². The summed E-state index contributed by atoms with van der Waals surface area (Å²) in [5.74, 6) is -0.999. The van der Waals surface area contributed by atoms with Crippen molar-refractivity contribution in [3.05, 3.63) is 81.9 Å². The number of hydrogen-bond donors (Lipinski definition) is 1. The Hall–Kier alpha value is -2.68. The van der Waals surface area contributed by atoms with Crippen molar-refractivity contribution in [1.82, 2.24) is 9.80 Å². The summed E-state index contributed by atoms with van der Waals surface area (Å²) in [5.41, 5.74) is 3.22.